The van der Waals surface area contributed by atoms with Crippen molar-refractivity contribution < 1.29 is 18.7 Å². The highest BCUT2D eigenvalue weighted by atomic mass is 19.1. The zero-order valence-electron chi connectivity index (χ0n) is 15.4. The molecule has 2 aromatic rings. The van der Waals surface area contributed by atoms with Gasteiger partial charge in [0.1, 0.15) is 28.6 Å². The van der Waals surface area contributed by atoms with Crippen LogP contribution in [0.25, 0.3) is 0 Å². The van der Waals surface area contributed by atoms with E-state index in [0.717, 1.165) is 0 Å². The number of halogens is 1. The molecule has 0 aliphatic carbocycles. The normalized spacial score (nSPS) is 10.8. The summed E-state index contributed by atoms with van der Waals surface area (Å²) in [6.07, 6.45) is 1.50. The van der Waals surface area contributed by atoms with Crippen LogP contribution >= 0.6 is 0 Å². The first-order valence-corrected chi connectivity index (χ1v) is 8.27. The molecule has 27 heavy (non-hydrogen) atoms. The Morgan fingerprint density at radius 3 is 2.67 bits per heavy atom. The van der Waals surface area contributed by atoms with Gasteiger partial charge in [-0.25, -0.2) is 4.39 Å². The van der Waals surface area contributed by atoms with Gasteiger partial charge < -0.3 is 10.1 Å². The van der Waals surface area contributed by atoms with Gasteiger partial charge in [0, 0.05) is 24.6 Å². The van der Waals surface area contributed by atoms with Crippen LogP contribution in [0.5, 0.6) is 5.75 Å². The van der Waals surface area contributed by atoms with E-state index in [0.29, 0.717) is 16.9 Å². The SMILES string of the molecule is COc1ccc(F)cc1CC(=O)Cc1ccnc(C(=O)NC(C)(C)C#N)c1. The molecule has 0 spiro atoms. The van der Waals surface area contributed by atoms with Crippen molar-refractivity contribution in [2.75, 3.05) is 7.11 Å². The molecule has 0 radical (unpaired) electrons. The Morgan fingerprint density at radius 1 is 1.26 bits per heavy atom. The van der Waals surface area contributed by atoms with E-state index in [4.69, 9.17) is 10.00 Å². The average molecular weight is 369 g/mol. The Morgan fingerprint density at radius 2 is 2.00 bits per heavy atom. The molecule has 2 rings (SSSR count). The largest absolute Gasteiger partial charge is 0.496 e. The summed E-state index contributed by atoms with van der Waals surface area (Å²) >= 11 is 0. The summed E-state index contributed by atoms with van der Waals surface area (Å²) in [5, 5.41) is 11.6. The summed E-state index contributed by atoms with van der Waals surface area (Å²) in [5.41, 5.74) is 0.154. The number of aromatic nitrogens is 1. The van der Waals surface area contributed by atoms with Crippen molar-refractivity contribution in [1.29, 1.82) is 5.26 Å². The summed E-state index contributed by atoms with van der Waals surface area (Å²) < 4.78 is 18.6. The molecule has 0 unspecified atom stereocenters. The van der Waals surface area contributed by atoms with Crippen LogP contribution in [0.2, 0.25) is 0 Å². The summed E-state index contributed by atoms with van der Waals surface area (Å²) in [6, 6.07) is 9.12. The zero-order valence-corrected chi connectivity index (χ0v) is 15.4. The highest BCUT2D eigenvalue weighted by Gasteiger charge is 2.21. The number of ether oxygens (including phenoxy) is 1. The minimum Gasteiger partial charge on any atom is -0.496 e. The topological polar surface area (TPSA) is 92.1 Å². The number of Topliss-reactive ketones (excluding diaryl/α,β-unsaturated/α-hetero) is 1. The molecule has 140 valence electrons. The van der Waals surface area contributed by atoms with Crippen LogP contribution in [-0.4, -0.2) is 29.3 Å². The number of pyridine rings is 1. The Hall–Kier alpha value is -3.27. The van der Waals surface area contributed by atoms with Crippen molar-refractivity contribution in [1.82, 2.24) is 10.3 Å². The van der Waals surface area contributed by atoms with Gasteiger partial charge in [0.25, 0.3) is 5.91 Å². The zero-order chi connectivity index (χ0) is 20.0. The van der Waals surface area contributed by atoms with Crippen molar-refractivity contribution in [2.45, 2.75) is 32.2 Å². The number of methoxy groups -OCH3 is 1. The molecule has 1 N–H and O–H groups in total. The number of nitriles is 1. The van der Waals surface area contributed by atoms with E-state index in [9.17, 15) is 14.0 Å². The van der Waals surface area contributed by atoms with Gasteiger partial charge in [-0.3, -0.25) is 14.6 Å². The maximum atomic E-state index is 13.4. The molecule has 1 heterocycles. The third-order valence-corrected chi connectivity index (χ3v) is 3.79. The van der Waals surface area contributed by atoms with E-state index in [1.165, 1.54) is 37.6 Å². The van der Waals surface area contributed by atoms with Crippen molar-refractivity contribution in [2.24, 2.45) is 0 Å². The fraction of sp³-hybridized carbons (Fsp3) is 0.300. The van der Waals surface area contributed by atoms with Crippen LogP contribution in [0.1, 0.15) is 35.5 Å². The number of rotatable bonds is 7. The van der Waals surface area contributed by atoms with E-state index >= 15 is 0 Å². The van der Waals surface area contributed by atoms with E-state index in [-0.39, 0.29) is 24.3 Å². The van der Waals surface area contributed by atoms with Crippen molar-refractivity contribution in [3.05, 3.63) is 59.2 Å². The van der Waals surface area contributed by atoms with Gasteiger partial charge >= 0.3 is 0 Å². The maximum absolute atomic E-state index is 13.4. The molecule has 1 amide bonds. The van der Waals surface area contributed by atoms with Gasteiger partial charge in [-0.05, 0) is 49.7 Å². The number of benzene rings is 1. The molecule has 0 aliphatic heterocycles. The van der Waals surface area contributed by atoms with Gasteiger partial charge in [0.2, 0.25) is 0 Å². The quantitative estimate of drug-likeness (QED) is 0.810. The lowest BCUT2D eigenvalue weighted by Crippen LogP contribution is -2.42. The second kappa shape index (κ2) is 8.41. The molecule has 0 atom stereocenters. The Labute approximate surface area is 157 Å². The number of hydrogen-bond donors (Lipinski definition) is 1. The number of hydrogen-bond acceptors (Lipinski definition) is 5. The first-order chi connectivity index (χ1) is 12.7. The van der Waals surface area contributed by atoms with Crippen LogP contribution in [-0.2, 0) is 17.6 Å². The van der Waals surface area contributed by atoms with Gasteiger partial charge in [-0.15, -0.1) is 0 Å². The number of amides is 1. The first kappa shape index (κ1) is 20.0. The summed E-state index contributed by atoms with van der Waals surface area (Å²) in [4.78, 5) is 28.6. The second-order valence-corrected chi connectivity index (χ2v) is 6.59. The predicted molar refractivity (Wildman–Crippen MR) is 96.8 cm³/mol. The highest BCUT2D eigenvalue weighted by Crippen LogP contribution is 2.20. The van der Waals surface area contributed by atoms with Gasteiger partial charge in [-0.1, -0.05) is 0 Å². The second-order valence-electron chi connectivity index (χ2n) is 6.59. The molecular formula is C20H20FN3O3. The van der Waals surface area contributed by atoms with E-state index < -0.39 is 17.3 Å². The monoisotopic (exact) mass is 369 g/mol. The first-order valence-electron chi connectivity index (χ1n) is 8.27. The molecule has 0 fully saturated rings. The molecule has 0 saturated carbocycles. The van der Waals surface area contributed by atoms with Crippen LogP contribution in [0.4, 0.5) is 4.39 Å². The standard InChI is InChI=1S/C20H20FN3O3/c1-20(2,12-22)24-19(26)17-9-13(6-7-23-17)8-16(25)11-14-10-15(21)4-5-18(14)27-3/h4-7,9-10H,8,11H2,1-3H3,(H,24,26). The number of ketones is 1. The molecule has 7 heteroatoms. The van der Waals surface area contributed by atoms with Gasteiger partial charge in [0.15, 0.2) is 0 Å². The summed E-state index contributed by atoms with van der Waals surface area (Å²) in [7, 11) is 1.46. The Balaban J connectivity index is 2.10. The third kappa shape index (κ3) is 5.61. The lowest BCUT2D eigenvalue weighted by atomic mass is 10.0. The predicted octanol–water partition coefficient (Wildman–Crippen LogP) is 2.62. The molecule has 1 aromatic carbocycles. The van der Waals surface area contributed by atoms with Crippen LogP contribution in [0.3, 0.4) is 0 Å². The lowest BCUT2D eigenvalue weighted by molar-refractivity contribution is -0.117. The molecular weight excluding hydrogens is 349 g/mol. The molecule has 0 bridgehead atoms. The van der Waals surface area contributed by atoms with Gasteiger partial charge in [0.05, 0.1) is 13.2 Å². The maximum Gasteiger partial charge on any atom is 0.271 e. The number of nitrogens with zero attached hydrogens (tertiary/aromatic N) is 2. The number of nitrogens with one attached hydrogen (secondary N) is 1. The fourth-order valence-corrected chi connectivity index (χ4v) is 2.47. The third-order valence-electron chi connectivity index (χ3n) is 3.79. The smallest absolute Gasteiger partial charge is 0.271 e. The molecule has 0 saturated heterocycles. The minimum absolute atomic E-state index is 0.00620. The highest BCUT2D eigenvalue weighted by molar-refractivity contribution is 5.93. The Kier molecular flexibility index (Phi) is 6.24. The summed E-state index contributed by atoms with van der Waals surface area (Å²) in [6.45, 7) is 3.15. The van der Waals surface area contributed by atoms with Crippen molar-refractivity contribution >= 4 is 11.7 Å². The summed E-state index contributed by atoms with van der Waals surface area (Å²) in [5.74, 6) is -0.656. The number of carbonyl (C=O) groups excluding carboxylic acids is 2. The Bertz CT molecular complexity index is 904. The van der Waals surface area contributed by atoms with Crippen LogP contribution in [0, 0.1) is 17.1 Å². The lowest BCUT2D eigenvalue weighted by Gasteiger charge is -2.17. The van der Waals surface area contributed by atoms with Gasteiger partial charge in [-0.2, -0.15) is 5.26 Å². The minimum atomic E-state index is -1.03. The molecule has 1 aromatic heterocycles. The van der Waals surface area contributed by atoms with Crippen LogP contribution in [0.15, 0.2) is 36.5 Å². The molecule has 6 nitrogen and oxygen atoms in total. The van der Waals surface area contributed by atoms with E-state index in [1.807, 2.05) is 6.07 Å². The molecule has 0 aliphatic rings. The van der Waals surface area contributed by atoms with E-state index in [1.54, 1.807) is 19.9 Å². The fourth-order valence-electron chi connectivity index (χ4n) is 2.47. The average Bonchev–Trinajstić information content (AvgIpc) is 2.61. The van der Waals surface area contributed by atoms with Crippen molar-refractivity contribution in [3.63, 3.8) is 0 Å². The van der Waals surface area contributed by atoms with Crippen LogP contribution < -0.4 is 10.1 Å². The van der Waals surface area contributed by atoms with Crippen molar-refractivity contribution in [3.8, 4) is 11.8 Å². The van der Waals surface area contributed by atoms with E-state index in [2.05, 4.69) is 10.3 Å². The number of carbonyl (C=O) groups is 2.